The standard InChI is InChI=1S/C13H12N2O3S/c1-8-11(12(16)15-13-14-6-7-19-13)18-10-5-3-2-4-9(10)17-8/h2-8,11H,1H3,(H,14,15,16)/t8-,11-/m1/s1. The molecule has 0 radical (unpaired) electrons. The van der Waals surface area contributed by atoms with Gasteiger partial charge in [-0.15, -0.1) is 11.3 Å². The molecule has 0 unspecified atom stereocenters. The molecule has 0 spiro atoms. The quantitative estimate of drug-likeness (QED) is 0.914. The van der Waals surface area contributed by atoms with Crippen LogP contribution in [0.2, 0.25) is 0 Å². The van der Waals surface area contributed by atoms with Gasteiger partial charge in [0.25, 0.3) is 5.91 Å². The number of anilines is 1. The number of para-hydroxylation sites is 2. The summed E-state index contributed by atoms with van der Waals surface area (Å²) in [6.45, 7) is 1.81. The van der Waals surface area contributed by atoms with E-state index in [1.165, 1.54) is 11.3 Å². The first-order valence-corrected chi connectivity index (χ1v) is 6.75. The van der Waals surface area contributed by atoms with Gasteiger partial charge in [-0.1, -0.05) is 12.1 Å². The van der Waals surface area contributed by atoms with E-state index in [0.29, 0.717) is 16.6 Å². The predicted octanol–water partition coefficient (Wildman–Crippen LogP) is 2.31. The minimum Gasteiger partial charge on any atom is -0.482 e. The summed E-state index contributed by atoms with van der Waals surface area (Å²) in [5, 5.41) is 5.07. The lowest BCUT2D eigenvalue weighted by atomic mass is 10.1. The van der Waals surface area contributed by atoms with Crippen molar-refractivity contribution in [1.29, 1.82) is 0 Å². The molecule has 3 rings (SSSR count). The first-order valence-electron chi connectivity index (χ1n) is 5.87. The monoisotopic (exact) mass is 276 g/mol. The number of carbonyl (C=O) groups is 1. The molecular weight excluding hydrogens is 264 g/mol. The lowest BCUT2D eigenvalue weighted by Crippen LogP contribution is -2.46. The summed E-state index contributed by atoms with van der Waals surface area (Å²) in [4.78, 5) is 16.1. The van der Waals surface area contributed by atoms with Gasteiger partial charge >= 0.3 is 0 Å². The number of carbonyl (C=O) groups excluding carboxylic acids is 1. The highest BCUT2D eigenvalue weighted by Gasteiger charge is 2.34. The number of thiazole rings is 1. The Hall–Kier alpha value is -2.08. The zero-order valence-electron chi connectivity index (χ0n) is 10.2. The number of hydrogen-bond donors (Lipinski definition) is 1. The largest absolute Gasteiger partial charge is 0.482 e. The Morgan fingerprint density at radius 1 is 1.32 bits per heavy atom. The van der Waals surface area contributed by atoms with E-state index in [-0.39, 0.29) is 12.0 Å². The van der Waals surface area contributed by atoms with E-state index in [9.17, 15) is 4.79 Å². The van der Waals surface area contributed by atoms with Crippen molar-refractivity contribution < 1.29 is 14.3 Å². The third-order valence-electron chi connectivity index (χ3n) is 2.76. The van der Waals surface area contributed by atoms with Gasteiger partial charge in [0.15, 0.2) is 16.6 Å². The number of ether oxygens (including phenoxy) is 2. The molecule has 1 amide bonds. The molecule has 1 aromatic carbocycles. The zero-order chi connectivity index (χ0) is 13.2. The molecule has 1 N–H and O–H groups in total. The average Bonchev–Trinajstić information content (AvgIpc) is 2.90. The molecule has 0 fully saturated rings. The van der Waals surface area contributed by atoms with Gasteiger partial charge in [0, 0.05) is 11.6 Å². The van der Waals surface area contributed by atoms with E-state index < -0.39 is 6.10 Å². The van der Waals surface area contributed by atoms with Crippen LogP contribution in [0.25, 0.3) is 0 Å². The highest BCUT2D eigenvalue weighted by Crippen LogP contribution is 2.33. The van der Waals surface area contributed by atoms with Gasteiger partial charge in [-0.25, -0.2) is 4.98 Å². The second-order valence-electron chi connectivity index (χ2n) is 4.13. The molecule has 5 nitrogen and oxygen atoms in total. The molecular formula is C13H12N2O3S. The number of nitrogens with one attached hydrogen (secondary N) is 1. The van der Waals surface area contributed by atoms with Crippen molar-refractivity contribution in [2.45, 2.75) is 19.1 Å². The van der Waals surface area contributed by atoms with E-state index in [1.54, 1.807) is 17.6 Å². The van der Waals surface area contributed by atoms with Gasteiger partial charge in [0.05, 0.1) is 0 Å². The van der Waals surface area contributed by atoms with E-state index in [2.05, 4.69) is 10.3 Å². The second kappa shape index (κ2) is 4.89. The van der Waals surface area contributed by atoms with Crippen molar-refractivity contribution in [1.82, 2.24) is 4.98 Å². The fourth-order valence-corrected chi connectivity index (χ4v) is 2.40. The lowest BCUT2D eigenvalue weighted by Gasteiger charge is -2.30. The van der Waals surface area contributed by atoms with Gasteiger partial charge in [-0.2, -0.15) is 0 Å². The van der Waals surface area contributed by atoms with Gasteiger partial charge in [-0.3, -0.25) is 10.1 Å². The number of hydrogen-bond acceptors (Lipinski definition) is 5. The molecule has 2 aromatic rings. The SMILES string of the molecule is C[C@H]1Oc2ccccc2O[C@H]1C(=O)Nc1nccs1. The Morgan fingerprint density at radius 2 is 2.05 bits per heavy atom. The van der Waals surface area contributed by atoms with Crippen LogP contribution in [0.4, 0.5) is 5.13 Å². The minimum absolute atomic E-state index is 0.253. The maximum atomic E-state index is 12.1. The number of benzene rings is 1. The Balaban J connectivity index is 1.77. The van der Waals surface area contributed by atoms with Crippen molar-refractivity contribution >= 4 is 22.4 Å². The summed E-state index contributed by atoms with van der Waals surface area (Å²) in [5.41, 5.74) is 0. The van der Waals surface area contributed by atoms with Crippen LogP contribution in [0.15, 0.2) is 35.8 Å². The summed E-state index contributed by atoms with van der Waals surface area (Å²) >= 11 is 1.36. The Kier molecular flexibility index (Phi) is 3.08. The van der Waals surface area contributed by atoms with E-state index in [0.717, 1.165) is 0 Å². The van der Waals surface area contributed by atoms with E-state index in [4.69, 9.17) is 9.47 Å². The average molecular weight is 276 g/mol. The maximum absolute atomic E-state index is 12.1. The van der Waals surface area contributed by atoms with Crippen molar-refractivity contribution in [2.24, 2.45) is 0 Å². The van der Waals surface area contributed by atoms with Gasteiger partial charge in [-0.05, 0) is 19.1 Å². The normalized spacial score (nSPS) is 20.9. The van der Waals surface area contributed by atoms with Gasteiger partial charge in [0.2, 0.25) is 6.10 Å². The number of aromatic nitrogens is 1. The molecule has 1 aromatic heterocycles. The maximum Gasteiger partial charge on any atom is 0.271 e. The number of amides is 1. The molecule has 2 heterocycles. The van der Waals surface area contributed by atoms with Crippen LogP contribution in [0, 0.1) is 0 Å². The summed E-state index contributed by atoms with van der Waals surface area (Å²) < 4.78 is 11.4. The van der Waals surface area contributed by atoms with Crippen molar-refractivity contribution in [3.8, 4) is 11.5 Å². The fourth-order valence-electron chi connectivity index (χ4n) is 1.87. The third-order valence-corrected chi connectivity index (χ3v) is 3.45. The van der Waals surface area contributed by atoms with Gasteiger partial charge in [0.1, 0.15) is 6.10 Å². The fraction of sp³-hybridized carbons (Fsp3) is 0.231. The smallest absolute Gasteiger partial charge is 0.271 e. The molecule has 2 atom stereocenters. The third kappa shape index (κ3) is 2.39. The molecule has 0 bridgehead atoms. The first kappa shape index (κ1) is 12.0. The van der Waals surface area contributed by atoms with Crippen molar-refractivity contribution in [2.75, 3.05) is 5.32 Å². The van der Waals surface area contributed by atoms with Crippen LogP contribution in [0.3, 0.4) is 0 Å². The van der Waals surface area contributed by atoms with Crippen molar-refractivity contribution in [3.63, 3.8) is 0 Å². The topological polar surface area (TPSA) is 60.5 Å². The summed E-state index contributed by atoms with van der Waals surface area (Å²) in [6.07, 6.45) is 0.603. The van der Waals surface area contributed by atoms with E-state index in [1.807, 2.05) is 25.1 Å². The second-order valence-corrected chi connectivity index (χ2v) is 5.03. The van der Waals surface area contributed by atoms with Crippen LogP contribution >= 0.6 is 11.3 Å². The first-order chi connectivity index (χ1) is 9.24. The van der Waals surface area contributed by atoms with Crippen LogP contribution in [0.1, 0.15) is 6.92 Å². The minimum atomic E-state index is -0.682. The van der Waals surface area contributed by atoms with Crippen LogP contribution in [0.5, 0.6) is 11.5 Å². The van der Waals surface area contributed by atoms with Crippen LogP contribution < -0.4 is 14.8 Å². The highest BCUT2D eigenvalue weighted by atomic mass is 32.1. The summed E-state index contributed by atoms with van der Waals surface area (Å²) in [7, 11) is 0. The lowest BCUT2D eigenvalue weighted by molar-refractivity contribution is -0.128. The predicted molar refractivity (Wildman–Crippen MR) is 71.7 cm³/mol. The van der Waals surface area contributed by atoms with Gasteiger partial charge < -0.3 is 9.47 Å². The number of fused-ring (bicyclic) bond motifs is 1. The molecule has 0 saturated heterocycles. The van der Waals surface area contributed by atoms with Crippen LogP contribution in [-0.2, 0) is 4.79 Å². The van der Waals surface area contributed by atoms with Crippen LogP contribution in [-0.4, -0.2) is 23.1 Å². The number of rotatable bonds is 2. The molecule has 0 saturated carbocycles. The summed E-state index contributed by atoms with van der Waals surface area (Å²) in [5.74, 6) is 0.991. The van der Waals surface area contributed by atoms with Crippen molar-refractivity contribution in [3.05, 3.63) is 35.8 Å². The van der Waals surface area contributed by atoms with E-state index >= 15 is 0 Å². The molecule has 0 aliphatic carbocycles. The molecule has 1 aliphatic rings. The Morgan fingerprint density at radius 3 is 2.74 bits per heavy atom. The number of nitrogens with zero attached hydrogens (tertiary/aromatic N) is 1. The summed E-state index contributed by atoms with van der Waals surface area (Å²) in [6, 6.07) is 7.31. The molecule has 19 heavy (non-hydrogen) atoms. The molecule has 6 heteroatoms. The highest BCUT2D eigenvalue weighted by molar-refractivity contribution is 7.13. The Labute approximate surface area is 114 Å². The zero-order valence-corrected chi connectivity index (χ0v) is 11.0. The molecule has 1 aliphatic heterocycles. The Bertz CT molecular complexity index is 585. The molecule has 98 valence electrons.